The fraction of sp³-hybridized carbons (Fsp3) is 0.185. The van der Waals surface area contributed by atoms with Crippen LogP contribution in [0, 0.1) is 0 Å². The number of ether oxygens (including phenoxy) is 1. The highest BCUT2D eigenvalue weighted by Gasteiger charge is 2.18. The first-order valence-corrected chi connectivity index (χ1v) is 12.6. The normalized spacial score (nSPS) is 12.1. The second kappa shape index (κ2) is 10.2. The van der Waals surface area contributed by atoms with Crippen LogP contribution < -0.4 is 15.6 Å². The number of nitrogens with one attached hydrogen (secondary N) is 1. The number of amides is 1. The molecular formula is C27H25N5O3S. The van der Waals surface area contributed by atoms with E-state index in [1.165, 1.54) is 16.3 Å². The molecule has 1 N–H and O–H groups in total. The molecule has 3 aromatic carbocycles. The molecule has 0 bridgehead atoms. The molecule has 5 aromatic rings. The predicted molar refractivity (Wildman–Crippen MR) is 141 cm³/mol. The fourth-order valence-electron chi connectivity index (χ4n) is 4.13. The van der Waals surface area contributed by atoms with Gasteiger partial charge in [-0.15, -0.1) is 10.2 Å². The van der Waals surface area contributed by atoms with E-state index in [2.05, 4.69) is 15.5 Å². The van der Waals surface area contributed by atoms with Gasteiger partial charge in [0.15, 0.2) is 5.16 Å². The van der Waals surface area contributed by atoms with Gasteiger partial charge in [-0.3, -0.25) is 14.0 Å². The van der Waals surface area contributed by atoms with Crippen molar-refractivity contribution in [2.75, 3.05) is 12.9 Å². The zero-order chi connectivity index (χ0) is 25.1. The largest absolute Gasteiger partial charge is 0.497 e. The van der Waals surface area contributed by atoms with Crippen LogP contribution in [0.5, 0.6) is 5.75 Å². The number of hydrogen-bond donors (Lipinski definition) is 1. The maximum Gasteiger partial charge on any atom is 0.267 e. The van der Waals surface area contributed by atoms with Crippen LogP contribution in [-0.4, -0.2) is 37.9 Å². The van der Waals surface area contributed by atoms with Crippen molar-refractivity contribution in [3.8, 4) is 11.4 Å². The summed E-state index contributed by atoms with van der Waals surface area (Å²) in [5.74, 6) is 1.51. The smallest absolute Gasteiger partial charge is 0.267 e. The lowest BCUT2D eigenvalue weighted by Crippen LogP contribution is -2.26. The van der Waals surface area contributed by atoms with Gasteiger partial charge in [-0.25, -0.2) is 4.57 Å². The summed E-state index contributed by atoms with van der Waals surface area (Å²) in [4.78, 5) is 26.0. The first-order chi connectivity index (χ1) is 17.6. The molecule has 182 valence electrons. The van der Waals surface area contributed by atoms with Gasteiger partial charge in [0.25, 0.3) is 5.56 Å². The fourth-order valence-corrected chi connectivity index (χ4v) is 5.01. The number of rotatable bonds is 8. The molecule has 0 aliphatic heterocycles. The quantitative estimate of drug-likeness (QED) is 0.318. The zero-order valence-electron chi connectivity index (χ0n) is 19.9. The monoisotopic (exact) mass is 499 g/mol. The maximum atomic E-state index is 13.5. The molecule has 0 saturated heterocycles. The summed E-state index contributed by atoms with van der Waals surface area (Å²) in [6.07, 6.45) is 0.324. The molecular weight excluding hydrogens is 474 g/mol. The third-order valence-corrected chi connectivity index (χ3v) is 6.87. The maximum absolute atomic E-state index is 13.5. The van der Waals surface area contributed by atoms with Crippen molar-refractivity contribution in [3.63, 3.8) is 0 Å². The summed E-state index contributed by atoms with van der Waals surface area (Å²) in [5.41, 5.74) is 2.22. The topological polar surface area (TPSA) is 90.5 Å². The number of hydrogen-bond acceptors (Lipinski definition) is 6. The van der Waals surface area contributed by atoms with E-state index in [0.29, 0.717) is 45.4 Å². The molecule has 2 aromatic heterocycles. The molecule has 5 rings (SSSR count). The third kappa shape index (κ3) is 4.57. The van der Waals surface area contributed by atoms with Crippen LogP contribution in [0.4, 0.5) is 0 Å². The van der Waals surface area contributed by atoms with Crippen molar-refractivity contribution in [1.82, 2.24) is 24.5 Å². The van der Waals surface area contributed by atoms with Gasteiger partial charge in [0.2, 0.25) is 11.7 Å². The lowest BCUT2D eigenvalue weighted by molar-refractivity contribution is -0.121. The Balaban J connectivity index is 1.43. The van der Waals surface area contributed by atoms with Gasteiger partial charge in [0.1, 0.15) is 5.75 Å². The number of aromatic nitrogens is 4. The van der Waals surface area contributed by atoms with E-state index in [-0.39, 0.29) is 17.5 Å². The number of methoxy groups -OCH3 is 1. The van der Waals surface area contributed by atoms with Crippen LogP contribution in [0.3, 0.4) is 0 Å². The van der Waals surface area contributed by atoms with Gasteiger partial charge >= 0.3 is 0 Å². The van der Waals surface area contributed by atoms with Crippen LogP contribution in [-0.2, 0) is 4.79 Å². The molecule has 0 aliphatic rings. The molecule has 8 nitrogen and oxygen atoms in total. The van der Waals surface area contributed by atoms with E-state index < -0.39 is 0 Å². The van der Waals surface area contributed by atoms with E-state index in [4.69, 9.17) is 4.74 Å². The Morgan fingerprint density at radius 2 is 1.81 bits per heavy atom. The molecule has 0 fully saturated rings. The zero-order valence-corrected chi connectivity index (χ0v) is 20.7. The number of para-hydroxylation sites is 1. The lowest BCUT2D eigenvalue weighted by atomic mass is 10.1. The molecule has 2 heterocycles. The highest BCUT2D eigenvalue weighted by molar-refractivity contribution is 7.99. The van der Waals surface area contributed by atoms with Crippen molar-refractivity contribution in [1.29, 1.82) is 0 Å². The standard InChI is InChI=1S/C27H25N5O3S/c1-18(19-9-4-3-5-10-19)28-24(33)15-16-36-27-30-29-26-31(20-11-8-12-21(17-20)35-2)25(34)22-13-6-7-14-23(22)32(26)27/h3-14,17-18H,15-16H2,1-2H3,(H,28,33). The van der Waals surface area contributed by atoms with Gasteiger partial charge in [-0.05, 0) is 36.8 Å². The molecule has 0 spiro atoms. The Morgan fingerprint density at radius 1 is 1.03 bits per heavy atom. The molecule has 0 saturated carbocycles. The van der Waals surface area contributed by atoms with Crippen LogP contribution in [0.2, 0.25) is 0 Å². The average molecular weight is 500 g/mol. The predicted octanol–water partition coefficient (Wildman–Crippen LogP) is 4.40. The van der Waals surface area contributed by atoms with Crippen molar-refractivity contribution in [2.24, 2.45) is 0 Å². The Labute approximate surface area is 211 Å². The summed E-state index contributed by atoms with van der Waals surface area (Å²) < 4.78 is 8.76. The second-order valence-electron chi connectivity index (χ2n) is 8.28. The Hall–Kier alpha value is -4.11. The summed E-state index contributed by atoms with van der Waals surface area (Å²) >= 11 is 1.43. The minimum absolute atomic E-state index is 0.0363. The van der Waals surface area contributed by atoms with E-state index in [0.717, 1.165) is 5.56 Å². The Morgan fingerprint density at radius 3 is 2.61 bits per heavy atom. The SMILES string of the molecule is COc1cccc(-n2c(=O)c3ccccc3n3c(SCCC(=O)NC(C)c4ccccc4)nnc23)c1. The van der Waals surface area contributed by atoms with Crippen LogP contribution in [0.25, 0.3) is 22.4 Å². The molecule has 0 aliphatic carbocycles. The van der Waals surface area contributed by atoms with Gasteiger partial charge in [0.05, 0.1) is 29.7 Å². The van der Waals surface area contributed by atoms with Crippen LogP contribution in [0.1, 0.15) is 24.9 Å². The molecule has 9 heteroatoms. The van der Waals surface area contributed by atoms with E-state index >= 15 is 0 Å². The molecule has 1 atom stereocenters. The average Bonchev–Trinajstić information content (AvgIpc) is 3.33. The van der Waals surface area contributed by atoms with Crippen molar-refractivity contribution in [2.45, 2.75) is 24.5 Å². The van der Waals surface area contributed by atoms with E-state index in [1.54, 1.807) is 19.2 Å². The van der Waals surface area contributed by atoms with E-state index in [1.807, 2.05) is 78.1 Å². The Kier molecular flexibility index (Phi) is 6.73. The minimum atomic E-state index is -0.190. The first kappa shape index (κ1) is 23.6. The van der Waals surface area contributed by atoms with Gasteiger partial charge < -0.3 is 10.1 Å². The van der Waals surface area contributed by atoms with Crippen LogP contribution in [0.15, 0.2) is 88.8 Å². The number of benzene rings is 3. The van der Waals surface area contributed by atoms with Gasteiger partial charge in [-0.1, -0.05) is 60.3 Å². The molecule has 0 radical (unpaired) electrons. The van der Waals surface area contributed by atoms with Crippen molar-refractivity contribution < 1.29 is 9.53 Å². The number of thioether (sulfide) groups is 1. The lowest BCUT2D eigenvalue weighted by Gasteiger charge is -2.14. The number of carbonyl (C=O) groups is 1. The minimum Gasteiger partial charge on any atom is -0.497 e. The summed E-state index contributed by atoms with van der Waals surface area (Å²) in [7, 11) is 1.58. The van der Waals surface area contributed by atoms with Gasteiger partial charge in [0, 0.05) is 18.2 Å². The molecule has 1 amide bonds. The Bertz CT molecular complexity index is 1600. The summed E-state index contributed by atoms with van der Waals surface area (Å²) in [6.45, 7) is 1.97. The van der Waals surface area contributed by atoms with Gasteiger partial charge in [-0.2, -0.15) is 0 Å². The summed E-state index contributed by atoms with van der Waals surface area (Å²) in [6, 6.07) is 24.4. The first-order valence-electron chi connectivity index (χ1n) is 11.6. The summed E-state index contributed by atoms with van der Waals surface area (Å²) in [5, 5.41) is 12.9. The number of fused-ring (bicyclic) bond motifs is 3. The highest BCUT2D eigenvalue weighted by Crippen LogP contribution is 2.25. The molecule has 36 heavy (non-hydrogen) atoms. The third-order valence-electron chi connectivity index (χ3n) is 5.94. The number of carbonyl (C=O) groups excluding carboxylic acids is 1. The number of nitrogens with zero attached hydrogens (tertiary/aromatic N) is 4. The molecule has 1 unspecified atom stereocenters. The van der Waals surface area contributed by atoms with Crippen molar-refractivity contribution in [3.05, 3.63) is 94.8 Å². The second-order valence-corrected chi connectivity index (χ2v) is 9.34. The van der Waals surface area contributed by atoms with Crippen molar-refractivity contribution >= 4 is 34.3 Å². The highest BCUT2D eigenvalue weighted by atomic mass is 32.2. The van der Waals surface area contributed by atoms with Crippen LogP contribution >= 0.6 is 11.8 Å². The van der Waals surface area contributed by atoms with E-state index in [9.17, 15) is 9.59 Å².